The lowest BCUT2D eigenvalue weighted by molar-refractivity contribution is -0.114. The number of nitrogens with zero attached hydrogens (tertiary/aromatic N) is 1. The largest absolute Gasteiger partial charge is 0.420 e. The summed E-state index contributed by atoms with van der Waals surface area (Å²) in [6, 6.07) is 14.4. The molecule has 0 N–H and O–H groups in total. The number of rotatable bonds is 5. The summed E-state index contributed by atoms with van der Waals surface area (Å²) in [5.41, 5.74) is 0.263. The minimum absolute atomic E-state index is 0.0345. The topological polar surface area (TPSA) is 80.8 Å². The van der Waals surface area contributed by atoms with Crippen LogP contribution in [0.3, 0.4) is 0 Å². The quantitative estimate of drug-likeness (QED) is 0.586. The van der Waals surface area contributed by atoms with Gasteiger partial charge < -0.3 is 4.74 Å². The van der Waals surface area contributed by atoms with Gasteiger partial charge in [0.1, 0.15) is 5.70 Å². The third kappa shape index (κ3) is 3.29. The van der Waals surface area contributed by atoms with E-state index in [-0.39, 0.29) is 34.0 Å². The van der Waals surface area contributed by atoms with E-state index in [4.69, 9.17) is 4.74 Å². The molecule has 27 heavy (non-hydrogen) atoms. The molecule has 0 spiro atoms. The van der Waals surface area contributed by atoms with Gasteiger partial charge in [-0.3, -0.25) is 9.10 Å². The molecule has 0 bridgehead atoms. The zero-order valence-corrected chi connectivity index (χ0v) is 15.4. The molecule has 6 nitrogen and oxygen atoms in total. The van der Waals surface area contributed by atoms with E-state index in [2.05, 4.69) is 6.58 Å². The lowest BCUT2D eigenvalue weighted by atomic mass is 10.1. The molecular weight excluding hydrogens is 366 g/mol. The highest BCUT2D eigenvalue weighted by Gasteiger charge is 2.39. The highest BCUT2D eigenvalue weighted by Crippen LogP contribution is 2.38. The van der Waals surface area contributed by atoms with Crippen molar-refractivity contribution in [1.82, 2.24) is 4.31 Å². The molecule has 0 saturated carbocycles. The van der Waals surface area contributed by atoms with Crippen molar-refractivity contribution in [2.24, 2.45) is 0 Å². The first-order valence-electron chi connectivity index (χ1n) is 8.13. The molecule has 1 aliphatic heterocycles. The molecule has 0 unspecified atom stereocenters. The van der Waals surface area contributed by atoms with Gasteiger partial charge in [0, 0.05) is 12.5 Å². The van der Waals surface area contributed by atoms with Gasteiger partial charge in [-0.1, -0.05) is 36.4 Å². The average Bonchev–Trinajstić information content (AvgIpc) is 2.66. The Balaban J connectivity index is 2.22. The minimum atomic E-state index is -3.98. The van der Waals surface area contributed by atoms with Crippen molar-refractivity contribution in [1.29, 1.82) is 0 Å². The Bertz CT molecular complexity index is 1050. The Kier molecular flexibility index (Phi) is 4.96. The SMILES string of the molecule is C=CCN1C(C(C)=O)=C(OC(=O)c2ccccc2)c2ccccc2S1(=O)=O. The van der Waals surface area contributed by atoms with Crippen LogP contribution in [0.4, 0.5) is 0 Å². The number of Topliss-reactive ketones (excluding diaryl/α,β-unsaturated/α-hetero) is 1. The van der Waals surface area contributed by atoms with E-state index in [1.165, 1.54) is 25.1 Å². The first-order valence-corrected chi connectivity index (χ1v) is 9.57. The van der Waals surface area contributed by atoms with E-state index in [0.717, 1.165) is 4.31 Å². The second-order valence-electron chi connectivity index (χ2n) is 5.81. The number of esters is 1. The summed E-state index contributed by atoms with van der Waals surface area (Å²) >= 11 is 0. The van der Waals surface area contributed by atoms with E-state index < -0.39 is 21.8 Å². The summed E-state index contributed by atoms with van der Waals surface area (Å²) < 4.78 is 32.4. The number of benzene rings is 2. The highest BCUT2D eigenvalue weighted by atomic mass is 32.2. The average molecular weight is 383 g/mol. The first kappa shape index (κ1) is 18.6. The monoisotopic (exact) mass is 383 g/mol. The lowest BCUT2D eigenvalue weighted by Crippen LogP contribution is -2.38. The maximum atomic E-state index is 13.0. The van der Waals surface area contributed by atoms with Crippen LogP contribution in [0.25, 0.3) is 5.76 Å². The summed E-state index contributed by atoms with van der Waals surface area (Å²) in [5, 5.41) is 0. The third-order valence-corrected chi connectivity index (χ3v) is 5.82. The van der Waals surface area contributed by atoms with Crippen molar-refractivity contribution in [3.05, 3.63) is 84.1 Å². The van der Waals surface area contributed by atoms with Crippen molar-refractivity contribution in [3.8, 4) is 0 Å². The number of allylic oxidation sites excluding steroid dienone is 1. The first-order chi connectivity index (χ1) is 12.9. The summed E-state index contributed by atoms with van der Waals surface area (Å²) in [4.78, 5) is 24.8. The Morgan fingerprint density at radius 2 is 1.70 bits per heavy atom. The van der Waals surface area contributed by atoms with Gasteiger partial charge in [0.25, 0.3) is 10.0 Å². The van der Waals surface area contributed by atoms with Crippen LogP contribution in [0.1, 0.15) is 22.8 Å². The maximum Gasteiger partial charge on any atom is 0.343 e. The Morgan fingerprint density at radius 3 is 2.33 bits per heavy atom. The van der Waals surface area contributed by atoms with Crippen LogP contribution in [-0.4, -0.2) is 31.0 Å². The highest BCUT2D eigenvalue weighted by molar-refractivity contribution is 7.89. The third-order valence-electron chi connectivity index (χ3n) is 4.00. The molecule has 1 heterocycles. The Hall–Kier alpha value is -3.19. The van der Waals surface area contributed by atoms with E-state index in [0.29, 0.717) is 0 Å². The normalized spacial score (nSPS) is 15.1. The Labute approximate surface area is 157 Å². The van der Waals surface area contributed by atoms with E-state index >= 15 is 0 Å². The van der Waals surface area contributed by atoms with Crippen LogP contribution < -0.4 is 0 Å². The molecular formula is C20H17NO5S. The number of carbonyl (C=O) groups excluding carboxylic acids is 2. The van der Waals surface area contributed by atoms with Crippen LogP contribution in [0.2, 0.25) is 0 Å². The molecule has 3 rings (SSSR count). The van der Waals surface area contributed by atoms with E-state index in [1.54, 1.807) is 42.5 Å². The molecule has 0 atom stereocenters. The number of sulfonamides is 1. The number of hydrogen-bond donors (Lipinski definition) is 0. The molecule has 1 aliphatic rings. The van der Waals surface area contributed by atoms with Gasteiger partial charge in [-0.25, -0.2) is 13.2 Å². The number of hydrogen-bond acceptors (Lipinski definition) is 5. The number of carbonyl (C=O) groups is 2. The van der Waals surface area contributed by atoms with Crippen LogP contribution >= 0.6 is 0 Å². The molecule has 0 fully saturated rings. The second-order valence-corrected chi connectivity index (χ2v) is 7.64. The molecule has 0 aliphatic carbocycles. The molecule has 0 aromatic heterocycles. The zero-order chi connectivity index (χ0) is 19.6. The van der Waals surface area contributed by atoms with E-state index in [1.807, 2.05) is 0 Å². The van der Waals surface area contributed by atoms with E-state index in [9.17, 15) is 18.0 Å². The van der Waals surface area contributed by atoms with Gasteiger partial charge in [0.2, 0.25) is 0 Å². The van der Waals surface area contributed by atoms with Gasteiger partial charge in [-0.05, 0) is 24.3 Å². The lowest BCUT2D eigenvalue weighted by Gasteiger charge is -2.31. The zero-order valence-electron chi connectivity index (χ0n) is 14.6. The van der Waals surface area contributed by atoms with Crippen molar-refractivity contribution < 1.29 is 22.7 Å². The molecule has 2 aromatic rings. The fourth-order valence-electron chi connectivity index (χ4n) is 2.83. The van der Waals surface area contributed by atoms with Crippen LogP contribution in [0.15, 0.2) is 77.8 Å². The summed E-state index contributed by atoms with van der Waals surface area (Å²) in [6.45, 7) is 4.66. The van der Waals surface area contributed by atoms with Crippen molar-refractivity contribution in [3.63, 3.8) is 0 Å². The molecule has 0 amide bonds. The summed E-state index contributed by atoms with van der Waals surface area (Å²) in [7, 11) is -3.98. The molecule has 0 radical (unpaired) electrons. The van der Waals surface area contributed by atoms with Crippen molar-refractivity contribution >= 4 is 27.5 Å². The predicted octanol–water partition coefficient (Wildman–Crippen LogP) is 2.99. The van der Waals surface area contributed by atoms with Crippen molar-refractivity contribution in [2.75, 3.05) is 6.54 Å². The summed E-state index contributed by atoms with van der Waals surface area (Å²) in [5.74, 6) is -1.30. The van der Waals surface area contributed by atoms with Crippen molar-refractivity contribution in [2.45, 2.75) is 11.8 Å². The fourth-order valence-corrected chi connectivity index (χ4v) is 4.51. The minimum Gasteiger partial charge on any atom is -0.420 e. The molecule has 138 valence electrons. The molecule has 2 aromatic carbocycles. The number of fused-ring (bicyclic) bond motifs is 1. The van der Waals surface area contributed by atoms with Gasteiger partial charge >= 0.3 is 5.97 Å². The molecule has 7 heteroatoms. The van der Waals surface area contributed by atoms with Crippen LogP contribution in [0, 0.1) is 0 Å². The van der Waals surface area contributed by atoms with Gasteiger partial charge in [0.05, 0.1) is 17.0 Å². The standard InChI is InChI=1S/C20H17NO5S/c1-3-13-21-18(14(2)22)19(26-20(23)15-9-5-4-6-10-15)16-11-7-8-12-17(16)27(21,24)25/h3-12H,1,13H2,2H3. The van der Waals surface area contributed by atoms with Crippen LogP contribution in [-0.2, 0) is 19.6 Å². The smallest absolute Gasteiger partial charge is 0.343 e. The van der Waals surface area contributed by atoms with Crippen LogP contribution in [0.5, 0.6) is 0 Å². The summed E-state index contributed by atoms with van der Waals surface area (Å²) in [6.07, 6.45) is 1.37. The fraction of sp³-hybridized carbons (Fsp3) is 0.100. The Morgan fingerprint density at radius 1 is 1.07 bits per heavy atom. The van der Waals surface area contributed by atoms with Gasteiger partial charge in [-0.2, -0.15) is 0 Å². The predicted molar refractivity (Wildman–Crippen MR) is 100.0 cm³/mol. The van der Waals surface area contributed by atoms with Gasteiger partial charge in [0.15, 0.2) is 11.5 Å². The number of ketones is 1. The number of ether oxygens (including phenoxy) is 1. The maximum absolute atomic E-state index is 13.0. The van der Waals surface area contributed by atoms with Gasteiger partial charge in [-0.15, -0.1) is 6.58 Å². The second kappa shape index (κ2) is 7.20. The molecule has 0 saturated heterocycles.